The minimum absolute atomic E-state index is 0.171. The Morgan fingerprint density at radius 2 is 1.68 bits per heavy atom. The molecule has 2 aromatic carbocycles. The third-order valence-corrected chi connectivity index (χ3v) is 5.66. The van der Waals surface area contributed by atoms with Gasteiger partial charge in [0.1, 0.15) is 12.1 Å². The average molecular weight is 533 g/mol. The second-order valence-electron chi connectivity index (χ2n) is 8.90. The highest BCUT2D eigenvalue weighted by Gasteiger charge is 2.11. The van der Waals surface area contributed by atoms with Crippen molar-refractivity contribution in [3.05, 3.63) is 82.8 Å². The number of carbonyl (C=O) groups is 1. The Kier molecular flexibility index (Phi) is 19.9. The van der Waals surface area contributed by atoms with E-state index in [1.807, 2.05) is 13.8 Å². The second kappa shape index (κ2) is 21.4. The lowest BCUT2D eigenvalue weighted by Crippen LogP contribution is -2.12. The van der Waals surface area contributed by atoms with Gasteiger partial charge in [-0.05, 0) is 43.2 Å². The van der Waals surface area contributed by atoms with E-state index in [1.54, 1.807) is 36.4 Å². The molecule has 3 aromatic rings. The molecule has 0 spiro atoms. The number of anilines is 1. The van der Waals surface area contributed by atoms with Crippen LogP contribution in [0.4, 0.5) is 10.1 Å². The Hall–Kier alpha value is -2.66. The van der Waals surface area contributed by atoms with Crippen LogP contribution in [-0.4, -0.2) is 10.9 Å². The fourth-order valence-electron chi connectivity index (χ4n) is 2.63. The molecule has 206 valence electrons. The smallest absolute Gasteiger partial charge is 0.277 e. The van der Waals surface area contributed by atoms with Crippen molar-refractivity contribution in [1.82, 2.24) is 4.98 Å². The maximum Gasteiger partial charge on any atom is 0.277 e. The van der Waals surface area contributed by atoms with E-state index in [2.05, 4.69) is 44.9 Å². The number of carbonyl (C=O) groups excluding carboxylic acids is 1. The van der Waals surface area contributed by atoms with Crippen molar-refractivity contribution in [2.24, 2.45) is 5.92 Å². The molecule has 3 rings (SSSR count). The Morgan fingerprint density at radius 3 is 2.14 bits per heavy atom. The number of halogens is 2. The highest BCUT2D eigenvalue weighted by atomic mass is 35.5. The fraction of sp³-hybridized carbons (Fsp3) is 0.484. The van der Waals surface area contributed by atoms with Crippen molar-refractivity contribution in [2.75, 3.05) is 5.32 Å². The van der Waals surface area contributed by atoms with E-state index >= 15 is 0 Å². The van der Waals surface area contributed by atoms with Crippen LogP contribution in [0.15, 0.2) is 59.2 Å². The van der Waals surface area contributed by atoms with Crippen LogP contribution in [0.1, 0.15) is 102 Å². The Bertz CT molecular complexity index is 950. The lowest BCUT2D eigenvalue weighted by Gasteiger charge is -2.04. The first-order valence-electron chi connectivity index (χ1n) is 13.4. The number of hydrogen-bond acceptors (Lipinski definition) is 3. The number of rotatable bonds is 8. The molecule has 6 heteroatoms. The number of benzene rings is 2. The quantitative estimate of drug-likeness (QED) is 0.314. The van der Waals surface area contributed by atoms with Crippen LogP contribution < -0.4 is 5.32 Å². The van der Waals surface area contributed by atoms with Gasteiger partial charge in [-0.3, -0.25) is 4.79 Å². The van der Waals surface area contributed by atoms with Crippen molar-refractivity contribution in [3.63, 3.8) is 0 Å². The van der Waals surface area contributed by atoms with Crippen molar-refractivity contribution < 1.29 is 13.6 Å². The molecule has 4 nitrogen and oxygen atoms in total. The summed E-state index contributed by atoms with van der Waals surface area (Å²) in [5.74, 6) is 1.02. The van der Waals surface area contributed by atoms with Crippen molar-refractivity contribution in [1.29, 1.82) is 0 Å². The highest BCUT2D eigenvalue weighted by Crippen LogP contribution is 2.16. The zero-order valence-corrected chi connectivity index (χ0v) is 24.5. The number of aromatic nitrogens is 1. The highest BCUT2D eigenvalue weighted by molar-refractivity contribution is 6.30. The number of hydrogen-bond donors (Lipinski definition) is 1. The standard InChI is InChI=1S/C12H11ClN2O2.C8H18.C7H7F.C4H10/c1-2-11-15-10(7-17-11)12(16)14-9-5-3-4-8(13)6-9;1-4-6-7-8(3)5-2;1-6-2-4-7(8)5-3-6;1-3-4-2/h3-7H,2H2,1H3,(H,14,16);8H,4-7H2,1-3H3;2-5H,1H3;3-4H2,1-2H3/t;8-;;/m.1../s1. The van der Waals surface area contributed by atoms with E-state index in [-0.39, 0.29) is 17.4 Å². The van der Waals surface area contributed by atoms with E-state index in [0.717, 1.165) is 11.5 Å². The monoisotopic (exact) mass is 532 g/mol. The van der Waals surface area contributed by atoms with Gasteiger partial charge in [0.2, 0.25) is 0 Å². The number of oxazole rings is 1. The molecular formula is C31H46ClFN2O2. The van der Waals surface area contributed by atoms with Crippen molar-refractivity contribution >= 4 is 23.2 Å². The topological polar surface area (TPSA) is 55.1 Å². The van der Waals surface area contributed by atoms with Gasteiger partial charge in [0.05, 0.1) is 0 Å². The third-order valence-electron chi connectivity index (χ3n) is 5.43. The van der Waals surface area contributed by atoms with E-state index < -0.39 is 0 Å². The number of nitrogens with zero attached hydrogens (tertiary/aromatic N) is 1. The predicted molar refractivity (Wildman–Crippen MR) is 156 cm³/mol. The summed E-state index contributed by atoms with van der Waals surface area (Å²) < 4.78 is 17.2. The first-order valence-corrected chi connectivity index (χ1v) is 13.8. The van der Waals surface area contributed by atoms with Gasteiger partial charge in [0.15, 0.2) is 11.6 Å². The average Bonchev–Trinajstić information content (AvgIpc) is 3.39. The van der Waals surface area contributed by atoms with Gasteiger partial charge < -0.3 is 9.73 Å². The van der Waals surface area contributed by atoms with Crippen LogP contribution >= 0.6 is 11.6 Å². The minimum Gasteiger partial charge on any atom is -0.448 e. The van der Waals surface area contributed by atoms with E-state index in [4.69, 9.17) is 16.0 Å². The van der Waals surface area contributed by atoms with Gasteiger partial charge in [-0.2, -0.15) is 0 Å². The van der Waals surface area contributed by atoms with Gasteiger partial charge in [-0.1, -0.05) is 115 Å². The Labute approximate surface area is 229 Å². The molecule has 0 saturated carbocycles. The van der Waals surface area contributed by atoms with Crippen LogP contribution in [0.2, 0.25) is 5.02 Å². The molecule has 1 atom stereocenters. The maximum atomic E-state index is 12.1. The summed E-state index contributed by atoms with van der Waals surface area (Å²) in [6.45, 7) is 15.0. The van der Waals surface area contributed by atoms with Gasteiger partial charge in [-0.25, -0.2) is 9.37 Å². The molecule has 1 aromatic heterocycles. The molecule has 1 N–H and O–H groups in total. The summed E-state index contributed by atoms with van der Waals surface area (Å²) in [6, 6.07) is 13.3. The SMILES string of the molecule is CCCC.CCCC[C@H](C)CC.CCc1nc(C(=O)Nc2cccc(Cl)c2)co1.Cc1ccc(F)cc1. The van der Waals surface area contributed by atoms with E-state index in [0.29, 0.717) is 23.0 Å². The Balaban J connectivity index is 0.000000543. The molecule has 0 aliphatic rings. The number of nitrogens with one attached hydrogen (secondary N) is 1. The second-order valence-corrected chi connectivity index (χ2v) is 9.33. The molecule has 0 saturated heterocycles. The summed E-state index contributed by atoms with van der Waals surface area (Å²) in [6.07, 6.45) is 10.2. The van der Waals surface area contributed by atoms with Gasteiger partial charge in [0, 0.05) is 17.1 Å². The molecule has 1 heterocycles. The van der Waals surface area contributed by atoms with Gasteiger partial charge in [-0.15, -0.1) is 0 Å². The lowest BCUT2D eigenvalue weighted by molar-refractivity contribution is 0.102. The largest absolute Gasteiger partial charge is 0.448 e. The molecule has 37 heavy (non-hydrogen) atoms. The summed E-state index contributed by atoms with van der Waals surface area (Å²) in [7, 11) is 0. The number of aryl methyl sites for hydroxylation is 2. The van der Waals surface area contributed by atoms with Crippen LogP contribution in [-0.2, 0) is 6.42 Å². The maximum absolute atomic E-state index is 12.1. The molecule has 0 radical (unpaired) electrons. The van der Waals surface area contributed by atoms with Gasteiger partial charge >= 0.3 is 0 Å². The van der Waals surface area contributed by atoms with Crippen LogP contribution in [0.5, 0.6) is 0 Å². The summed E-state index contributed by atoms with van der Waals surface area (Å²) >= 11 is 5.82. The molecule has 0 bridgehead atoms. The molecule has 0 aliphatic carbocycles. The molecule has 1 amide bonds. The van der Waals surface area contributed by atoms with Crippen LogP contribution in [0.3, 0.4) is 0 Å². The predicted octanol–water partition coefficient (Wildman–Crippen LogP) is 10.3. The normalized spacial score (nSPS) is 10.5. The molecule has 0 aliphatic heterocycles. The third kappa shape index (κ3) is 17.4. The van der Waals surface area contributed by atoms with Crippen LogP contribution in [0, 0.1) is 18.7 Å². The Morgan fingerprint density at radius 1 is 1.03 bits per heavy atom. The van der Waals surface area contributed by atoms with Crippen molar-refractivity contribution in [3.8, 4) is 0 Å². The molecular weight excluding hydrogens is 487 g/mol. The van der Waals surface area contributed by atoms with Crippen molar-refractivity contribution in [2.45, 2.75) is 93.4 Å². The van der Waals surface area contributed by atoms with Gasteiger partial charge in [0.25, 0.3) is 5.91 Å². The van der Waals surface area contributed by atoms with E-state index in [9.17, 15) is 9.18 Å². The zero-order chi connectivity index (χ0) is 28.1. The fourth-order valence-corrected chi connectivity index (χ4v) is 2.82. The first kappa shape index (κ1) is 34.3. The number of amides is 1. The molecule has 0 fully saturated rings. The van der Waals surface area contributed by atoms with E-state index in [1.165, 1.54) is 56.9 Å². The first-order chi connectivity index (χ1) is 17.7. The summed E-state index contributed by atoms with van der Waals surface area (Å²) in [5.41, 5.74) is 1.98. The summed E-state index contributed by atoms with van der Waals surface area (Å²) in [5, 5.41) is 3.26. The van der Waals surface area contributed by atoms with Crippen LogP contribution in [0.25, 0.3) is 0 Å². The minimum atomic E-state index is -0.310. The number of unbranched alkanes of at least 4 members (excludes halogenated alkanes) is 2. The molecule has 0 unspecified atom stereocenters. The summed E-state index contributed by atoms with van der Waals surface area (Å²) in [4.78, 5) is 15.8. The zero-order valence-electron chi connectivity index (χ0n) is 23.7. The lowest BCUT2D eigenvalue weighted by atomic mass is 10.0.